The molecule has 0 aromatic carbocycles. The van der Waals surface area contributed by atoms with Gasteiger partial charge in [0.25, 0.3) is 5.91 Å². The van der Waals surface area contributed by atoms with Gasteiger partial charge >= 0.3 is 0 Å². The lowest BCUT2D eigenvalue weighted by atomic mass is 9.75. The molecule has 124 valence electrons. The summed E-state index contributed by atoms with van der Waals surface area (Å²) in [5, 5.41) is 5.50. The molecule has 0 radical (unpaired) electrons. The highest BCUT2D eigenvalue weighted by molar-refractivity contribution is 7.10. The van der Waals surface area contributed by atoms with Crippen LogP contribution in [-0.2, 0) is 0 Å². The summed E-state index contributed by atoms with van der Waals surface area (Å²) in [6.45, 7) is 9.59. The van der Waals surface area contributed by atoms with Gasteiger partial charge < -0.3 is 10.2 Å². The van der Waals surface area contributed by atoms with Crippen LogP contribution >= 0.6 is 11.3 Å². The lowest BCUT2D eigenvalue weighted by Gasteiger charge is -2.28. The zero-order valence-corrected chi connectivity index (χ0v) is 14.8. The molecule has 1 aliphatic carbocycles. The van der Waals surface area contributed by atoms with Crippen LogP contribution in [-0.4, -0.2) is 36.5 Å². The van der Waals surface area contributed by atoms with E-state index in [9.17, 15) is 4.79 Å². The van der Waals surface area contributed by atoms with E-state index in [2.05, 4.69) is 35.2 Å². The van der Waals surface area contributed by atoms with E-state index in [1.54, 1.807) is 11.3 Å². The van der Waals surface area contributed by atoms with Crippen molar-refractivity contribution in [1.29, 1.82) is 0 Å². The number of piperidine rings is 1. The fourth-order valence-electron chi connectivity index (χ4n) is 4.79. The number of carbonyl (C=O) groups excluding carboxylic acids is 1. The summed E-state index contributed by atoms with van der Waals surface area (Å²) in [4.78, 5) is 16.6. The molecule has 4 heteroatoms. The smallest absolute Gasteiger partial charge is 0.254 e. The van der Waals surface area contributed by atoms with Gasteiger partial charge in [-0.15, -0.1) is 11.3 Å². The van der Waals surface area contributed by atoms with E-state index in [0.717, 1.165) is 44.5 Å². The van der Waals surface area contributed by atoms with Gasteiger partial charge in [-0.05, 0) is 62.6 Å². The predicted octanol–water partition coefficient (Wildman–Crippen LogP) is 3.79. The number of likely N-dealkylation sites (tertiary alicyclic amines) is 1. The lowest BCUT2D eigenvalue weighted by Crippen LogP contribution is -2.35. The summed E-state index contributed by atoms with van der Waals surface area (Å²) in [6.07, 6.45) is 5.60. The van der Waals surface area contributed by atoms with Gasteiger partial charge in [0, 0.05) is 22.8 Å². The van der Waals surface area contributed by atoms with E-state index in [-0.39, 0.29) is 11.3 Å². The highest BCUT2D eigenvalue weighted by Gasteiger charge is 2.46. The Bertz CT molecular complexity index is 631. The fourth-order valence-corrected chi connectivity index (χ4v) is 5.85. The average molecular weight is 330 g/mol. The van der Waals surface area contributed by atoms with Gasteiger partial charge in [0.15, 0.2) is 0 Å². The number of thiophene rings is 1. The maximum Gasteiger partial charge on any atom is 0.254 e. The number of fused-ring (bicyclic) bond motifs is 2. The Morgan fingerprint density at radius 1 is 1.43 bits per heavy atom. The van der Waals surface area contributed by atoms with Gasteiger partial charge in [-0.1, -0.05) is 19.1 Å². The summed E-state index contributed by atoms with van der Waals surface area (Å²) < 4.78 is 0. The normalized spacial score (nSPS) is 31.6. The molecule has 1 N–H and O–H groups in total. The Hall–Kier alpha value is -1.13. The second-order valence-corrected chi connectivity index (χ2v) is 8.94. The van der Waals surface area contributed by atoms with Crippen molar-refractivity contribution in [3.63, 3.8) is 0 Å². The number of nitrogens with one attached hydrogen (secondary N) is 1. The molecule has 1 saturated carbocycles. The maximum absolute atomic E-state index is 13.0. The Morgan fingerprint density at radius 3 is 3.00 bits per heavy atom. The van der Waals surface area contributed by atoms with Gasteiger partial charge in [0.1, 0.15) is 0 Å². The van der Waals surface area contributed by atoms with Crippen molar-refractivity contribution >= 4 is 17.2 Å². The van der Waals surface area contributed by atoms with Crippen LogP contribution < -0.4 is 5.32 Å². The predicted molar refractivity (Wildman–Crippen MR) is 95.1 cm³/mol. The first kappa shape index (κ1) is 15.4. The largest absolute Gasteiger partial charge is 0.335 e. The van der Waals surface area contributed by atoms with E-state index >= 15 is 0 Å². The van der Waals surface area contributed by atoms with E-state index in [1.165, 1.54) is 23.3 Å². The van der Waals surface area contributed by atoms with Crippen LogP contribution in [0, 0.1) is 5.41 Å². The van der Waals surface area contributed by atoms with Gasteiger partial charge in [-0.2, -0.15) is 0 Å². The van der Waals surface area contributed by atoms with Crippen molar-refractivity contribution in [1.82, 2.24) is 10.2 Å². The van der Waals surface area contributed by atoms with Crippen LogP contribution in [0.1, 0.15) is 60.2 Å². The average Bonchev–Trinajstić information content (AvgIpc) is 3.10. The van der Waals surface area contributed by atoms with Crippen LogP contribution in [0.4, 0.5) is 0 Å². The van der Waals surface area contributed by atoms with Gasteiger partial charge in [0.05, 0.1) is 5.56 Å². The monoisotopic (exact) mass is 330 g/mol. The minimum Gasteiger partial charge on any atom is -0.335 e. The molecule has 23 heavy (non-hydrogen) atoms. The van der Waals surface area contributed by atoms with Crippen molar-refractivity contribution in [2.75, 3.05) is 19.6 Å². The van der Waals surface area contributed by atoms with Crippen molar-refractivity contribution in [2.45, 2.75) is 51.0 Å². The lowest BCUT2D eigenvalue weighted by molar-refractivity contribution is 0.0733. The summed E-state index contributed by atoms with van der Waals surface area (Å²) in [7, 11) is 0. The molecule has 3 aliphatic rings. The van der Waals surface area contributed by atoms with Crippen molar-refractivity contribution in [3.05, 3.63) is 34.0 Å². The Morgan fingerprint density at radius 2 is 2.22 bits per heavy atom. The molecule has 1 amide bonds. The van der Waals surface area contributed by atoms with Crippen LogP contribution in [0.15, 0.2) is 23.6 Å². The summed E-state index contributed by atoms with van der Waals surface area (Å²) >= 11 is 1.78. The molecule has 2 unspecified atom stereocenters. The van der Waals surface area contributed by atoms with Gasteiger partial charge in [0.2, 0.25) is 0 Å². The SMILES string of the molecule is C=C1CC2CC(C)(C1)CN2C(=O)c1csc(C2CCNCC2)c1. The molecule has 3 heterocycles. The van der Waals surface area contributed by atoms with Crippen molar-refractivity contribution in [2.24, 2.45) is 5.41 Å². The molecule has 2 aliphatic heterocycles. The van der Waals surface area contributed by atoms with E-state index in [4.69, 9.17) is 0 Å². The van der Waals surface area contributed by atoms with E-state index in [0.29, 0.717) is 12.0 Å². The van der Waals surface area contributed by atoms with Crippen LogP contribution in [0.3, 0.4) is 0 Å². The molecular formula is C19H26N2OS. The highest BCUT2D eigenvalue weighted by Crippen LogP contribution is 2.47. The zero-order valence-electron chi connectivity index (χ0n) is 13.9. The standard InChI is InChI=1S/C19H26N2OS/c1-13-7-16-10-19(2,9-13)12-21(16)18(22)15-8-17(23-11-15)14-3-5-20-6-4-14/h8,11,14,16,20H,1,3-7,9-10,12H2,2H3. The van der Waals surface area contributed by atoms with E-state index < -0.39 is 0 Å². The summed E-state index contributed by atoms with van der Waals surface area (Å²) in [6, 6.07) is 2.54. The Labute approximate surface area is 142 Å². The van der Waals surface area contributed by atoms with E-state index in [1.807, 2.05) is 0 Å². The molecule has 3 fully saturated rings. The number of hydrogen-bond donors (Lipinski definition) is 1. The number of amides is 1. The fraction of sp³-hybridized carbons (Fsp3) is 0.632. The quantitative estimate of drug-likeness (QED) is 0.837. The van der Waals surface area contributed by atoms with Crippen LogP contribution in [0.2, 0.25) is 0 Å². The molecular weight excluding hydrogens is 304 g/mol. The number of carbonyl (C=O) groups is 1. The third kappa shape index (κ3) is 2.87. The number of nitrogens with zero attached hydrogens (tertiary/aromatic N) is 1. The summed E-state index contributed by atoms with van der Waals surface area (Å²) in [5.74, 6) is 0.878. The highest BCUT2D eigenvalue weighted by atomic mass is 32.1. The molecule has 1 aromatic rings. The van der Waals surface area contributed by atoms with Gasteiger partial charge in [-0.25, -0.2) is 0 Å². The first-order valence-corrected chi connectivity index (χ1v) is 9.69. The molecule has 0 spiro atoms. The van der Waals surface area contributed by atoms with Crippen molar-refractivity contribution in [3.8, 4) is 0 Å². The first-order valence-electron chi connectivity index (χ1n) is 8.81. The maximum atomic E-state index is 13.0. The minimum absolute atomic E-state index is 0.241. The van der Waals surface area contributed by atoms with Gasteiger partial charge in [-0.3, -0.25) is 4.79 Å². The van der Waals surface area contributed by atoms with Crippen molar-refractivity contribution < 1.29 is 4.79 Å². The Kier molecular flexibility index (Phi) is 3.85. The minimum atomic E-state index is 0.241. The Balaban J connectivity index is 1.51. The number of rotatable bonds is 2. The topological polar surface area (TPSA) is 32.3 Å². The molecule has 4 rings (SSSR count). The second kappa shape index (κ2) is 5.75. The molecule has 3 nitrogen and oxygen atoms in total. The molecule has 1 aromatic heterocycles. The third-order valence-corrected chi connectivity index (χ3v) is 6.89. The second-order valence-electron chi connectivity index (χ2n) is 7.99. The molecule has 2 saturated heterocycles. The first-order chi connectivity index (χ1) is 11.0. The third-order valence-electron chi connectivity index (χ3n) is 5.79. The molecule has 2 atom stereocenters. The zero-order chi connectivity index (χ0) is 16.0. The summed E-state index contributed by atoms with van der Waals surface area (Å²) in [5.41, 5.74) is 2.48. The molecule has 2 bridgehead atoms. The van der Waals surface area contributed by atoms with Crippen LogP contribution in [0.5, 0.6) is 0 Å². The number of hydrogen-bond acceptors (Lipinski definition) is 3. The van der Waals surface area contributed by atoms with Crippen LogP contribution in [0.25, 0.3) is 0 Å².